The van der Waals surface area contributed by atoms with Gasteiger partial charge in [-0.15, -0.1) is 0 Å². The molecular formula is C14H20N2O2. The molecule has 1 aliphatic rings. The molecule has 2 rings (SSSR count). The monoisotopic (exact) mass is 248 g/mol. The Hall–Kier alpha value is -1.39. The molecule has 1 aromatic rings. The van der Waals surface area contributed by atoms with Crippen LogP contribution in [0, 0.1) is 0 Å². The second-order valence-electron chi connectivity index (χ2n) is 4.76. The minimum Gasteiger partial charge on any atom is -0.395 e. The fourth-order valence-electron chi connectivity index (χ4n) is 2.13. The normalized spacial score (nSPS) is 16.3. The van der Waals surface area contributed by atoms with Crippen molar-refractivity contribution >= 4 is 5.91 Å². The lowest BCUT2D eigenvalue weighted by Crippen LogP contribution is -2.37. The fraction of sp³-hybridized carbons (Fsp3) is 0.500. The van der Waals surface area contributed by atoms with Crippen LogP contribution in [0.5, 0.6) is 0 Å². The van der Waals surface area contributed by atoms with Gasteiger partial charge >= 0.3 is 0 Å². The lowest BCUT2D eigenvalue weighted by molar-refractivity contribution is -0.132. The van der Waals surface area contributed by atoms with Crippen LogP contribution in [0.2, 0.25) is 0 Å². The summed E-state index contributed by atoms with van der Waals surface area (Å²) in [5.41, 5.74) is 7.02. The topological polar surface area (TPSA) is 66.6 Å². The number of amides is 1. The number of nitrogens with two attached hydrogens (primary N) is 1. The molecule has 98 valence electrons. The Morgan fingerprint density at radius 1 is 1.39 bits per heavy atom. The number of benzene rings is 1. The molecule has 4 heteroatoms. The molecule has 4 nitrogen and oxygen atoms in total. The second kappa shape index (κ2) is 5.98. The Morgan fingerprint density at radius 3 is 2.61 bits per heavy atom. The maximum absolute atomic E-state index is 12.1. The zero-order valence-electron chi connectivity index (χ0n) is 10.5. The molecule has 0 spiro atoms. The van der Waals surface area contributed by atoms with Crippen molar-refractivity contribution in [3.8, 4) is 0 Å². The molecular weight excluding hydrogens is 228 g/mol. The first-order chi connectivity index (χ1) is 8.72. The third-order valence-electron chi connectivity index (χ3n) is 3.27. The van der Waals surface area contributed by atoms with Gasteiger partial charge in [-0.1, -0.05) is 30.3 Å². The first-order valence-electron chi connectivity index (χ1n) is 6.43. The lowest BCUT2D eigenvalue weighted by Gasteiger charge is -2.23. The zero-order chi connectivity index (χ0) is 13.0. The molecule has 18 heavy (non-hydrogen) atoms. The maximum atomic E-state index is 12.1. The number of carbonyl (C=O) groups is 1. The maximum Gasteiger partial charge on any atom is 0.224 e. The Kier molecular flexibility index (Phi) is 4.33. The molecule has 1 atom stereocenters. The summed E-state index contributed by atoms with van der Waals surface area (Å²) in [7, 11) is 0. The predicted octanol–water partition coefficient (Wildman–Crippen LogP) is 1.06. The van der Waals surface area contributed by atoms with Gasteiger partial charge in [-0.05, 0) is 18.4 Å². The number of carbonyl (C=O) groups excluding carboxylic acids is 1. The van der Waals surface area contributed by atoms with Crippen LogP contribution in [0.25, 0.3) is 0 Å². The number of aliphatic hydroxyl groups excluding tert-OH is 1. The van der Waals surface area contributed by atoms with E-state index < -0.39 is 0 Å². The largest absolute Gasteiger partial charge is 0.395 e. The number of nitrogens with zero attached hydrogens (tertiary/aromatic N) is 1. The number of hydrogen-bond donors (Lipinski definition) is 2. The summed E-state index contributed by atoms with van der Waals surface area (Å²) in [6.45, 7) is 0.438. The van der Waals surface area contributed by atoms with E-state index in [1.165, 1.54) is 0 Å². The molecule has 1 aromatic carbocycles. The van der Waals surface area contributed by atoms with Crippen LogP contribution < -0.4 is 5.73 Å². The van der Waals surface area contributed by atoms with E-state index in [4.69, 9.17) is 10.8 Å². The predicted molar refractivity (Wildman–Crippen MR) is 69.8 cm³/mol. The van der Waals surface area contributed by atoms with E-state index in [9.17, 15) is 4.79 Å². The van der Waals surface area contributed by atoms with Crippen molar-refractivity contribution in [3.05, 3.63) is 35.9 Å². The highest BCUT2D eigenvalue weighted by Gasteiger charge is 2.32. The Morgan fingerprint density at radius 2 is 2.06 bits per heavy atom. The molecule has 1 aliphatic carbocycles. The fourth-order valence-corrected chi connectivity index (χ4v) is 2.13. The van der Waals surface area contributed by atoms with E-state index in [1.807, 2.05) is 30.3 Å². The van der Waals surface area contributed by atoms with Crippen molar-refractivity contribution in [1.29, 1.82) is 0 Å². The van der Waals surface area contributed by atoms with Gasteiger partial charge in [0.25, 0.3) is 0 Å². The van der Waals surface area contributed by atoms with E-state index in [0.29, 0.717) is 19.0 Å². The molecule has 0 bridgehead atoms. The van der Waals surface area contributed by atoms with E-state index in [0.717, 1.165) is 18.4 Å². The second-order valence-corrected chi connectivity index (χ2v) is 4.76. The van der Waals surface area contributed by atoms with E-state index in [2.05, 4.69) is 0 Å². The Bertz CT molecular complexity index is 390. The molecule has 1 unspecified atom stereocenters. The summed E-state index contributed by atoms with van der Waals surface area (Å²) in [5, 5.41) is 8.99. The van der Waals surface area contributed by atoms with Gasteiger partial charge in [-0.3, -0.25) is 4.79 Å². The van der Waals surface area contributed by atoms with Gasteiger partial charge in [-0.25, -0.2) is 0 Å². The third kappa shape index (κ3) is 3.31. The molecule has 1 fully saturated rings. The number of rotatable bonds is 6. The van der Waals surface area contributed by atoms with Gasteiger partial charge in [0.2, 0.25) is 5.91 Å². The van der Waals surface area contributed by atoms with Crippen LogP contribution in [-0.4, -0.2) is 35.1 Å². The van der Waals surface area contributed by atoms with Gasteiger partial charge in [-0.2, -0.15) is 0 Å². The molecule has 1 saturated carbocycles. The van der Waals surface area contributed by atoms with Crippen molar-refractivity contribution in [1.82, 2.24) is 4.90 Å². The molecule has 0 aliphatic heterocycles. The van der Waals surface area contributed by atoms with E-state index in [-0.39, 0.29) is 18.6 Å². The molecule has 1 amide bonds. The standard InChI is InChI=1S/C14H20N2O2/c15-13(11-4-2-1-3-5-11)10-14(18)16(8-9-17)12-6-7-12/h1-5,12-13,17H,6-10,15H2. The quantitative estimate of drug-likeness (QED) is 0.791. The van der Waals surface area contributed by atoms with Crippen molar-refractivity contribution in [3.63, 3.8) is 0 Å². The Labute approximate surface area is 107 Å². The number of hydrogen-bond acceptors (Lipinski definition) is 3. The van der Waals surface area contributed by atoms with Gasteiger partial charge in [0.15, 0.2) is 0 Å². The summed E-state index contributed by atoms with van der Waals surface area (Å²) in [5.74, 6) is 0.0444. The van der Waals surface area contributed by atoms with Crippen molar-refractivity contribution in [2.45, 2.75) is 31.3 Å². The summed E-state index contributed by atoms with van der Waals surface area (Å²) in [6.07, 6.45) is 2.40. The average molecular weight is 248 g/mol. The van der Waals surface area contributed by atoms with Crippen LogP contribution in [0.4, 0.5) is 0 Å². The smallest absolute Gasteiger partial charge is 0.224 e. The van der Waals surface area contributed by atoms with Gasteiger partial charge < -0.3 is 15.7 Å². The van der Waals surface area contributed by atoms with Crippen molar-refractivity contribution in [2.75, 3.05) is 13.2 Å². The Balaban J connectivity index is 1.93. The van der Waals surface area contributed by atoms with Crippen molar-refractivity contribution < 1.29 is 9.90 Å². The SMILES string of the molecule is NC(CC(=O)N(CCO)C1CC1)c1ccccc1. The van der Waals surface area contributed by atoms with Crippen LogP contribution in [0.15, 0.2) is 30.3 Å². The highest BCUT2D eigenvalue weighted by Crippen LogP contribution is 2.28. The molecule has 0 aromatic heterocycles. The van der Waals surface area contributed by atoms with Crippen molar-refractivity contribution in [2.24, 2.45) is 5.73 Å². The number of aliphatic hydroxyl groups is 1. The first-order valence-corrected chi connectivity index (χ1v) is 6.43. The summed E-state index contributed by atoms with van der Waals surface area (Å²) < 4.78 is 0. The summed E-state index contributed by atoms with van der Waals surface area (Å²) in [4.78, 5) is 13.9. The van der Waals surface area contributed by atoms with Crippen LogP contribution in [0.3, 0.4) is 0 Å². The minimum absolute atomic E-state index is 0.0167. The van der Waals surface area contributed by atoms with Crippen LogP contribution >= 0.6 is 0 Å². The summed E-state index contributed by atoms with van der Waals surface area (Å²) >= 11 is 0. The minimum atomic E-state index is -0.265. The molecule has 0 heterocycles. The van der Waals surface area contributed by atoms with Gasteiger partial charge in [0.05, 0.1) is 6.61 Å². The zero-order valence-corrected chi connectivity index (χ0v) is 10.5. The highest BCUT2D eigenvalue weighted by atomic mass is 16.3. The van der Waals surface area contributed by atoms with E-state index >= 15 is 0 Å². The van der Waals surface area contributed by atoms with Crippen LogP contribution in [-0.2, 0) is 4.79 Å². The van der Waals surface area contributed by atoms with Gasteiger partial charge in [0, 0.05) is 25.0 Å². The lowest BCUT2D eigenvalue weighted by atomic mass is 10.0. The highest BCUT2D eigenvalue weighted by molar-refractivity contribution is 5.77. The van der Waals surface area contributed by atoms with Gasteiger partial charge in [0.1, 0.15) is 0 Å². The first kappa shape index (κ1) is 13.1. The van der Waals surface area contributed by atoms with E-state index in [1.54, 1.807) is 4.90 Å². The average Bonchev–Trinajstić information content (AvgIpc) is 3.21. The van der Waals surface area contributed by atoms with Crippen LogP contribution in [0.1, 0.15) is 30.9 Å². The molecule has 0 radical (unpaired) electrons. The molecule has 0 saturated heterocycles. The summed E-state index contributed by atoms with van der Waals surface area (Å²) in [6, 6.07) is 9.71. The third-order valence-corrected chi connectivity index (χ3v) is 3.27. The molecule has 3 N–H and O–H groups in total.